The zero-order valence-electron chi connectivity index (χ0n) is 10.2. The van der Waals surface area contributed by atoms with Gasteiger partial charge in [0.1, 0.15) is 0 Å². The Morgan fingerprint density at radius 1 is 1.20 bits per heavy atom. The van der Waals surface area contributed by atoms with Crippen LogP contribution in [-0.2, 0) is 6.42 Å². The molecule has 1 aromatic rings. The van der Waals surface area contributed by atoms with Gasteiger partial charge in [-0.1, -0.05) is 29.8 Å². The third kappa shape index (κ3) is 4.45. The minimum atomic E-state index is 0.530. The Balaban J connectivity index is 2.54. The van der Waals surface area contributed by atoms with Gasteiger partial charge in [0.25, 0.3) is 0 Å². The van der Waals surface area contributed by atoms with E-state index in [0.717, 1.165) is 13.0 Å². The summed E-state index contributed by atoms with van der Waals surface area (Å²) in [5, 5.41) is 3.35. The minimum absolute atomic E-state index is 0.530. The highest BCUT2D eigenvalue weighted by molar-refractivity contribution is 5.22. The third-order valence-electron chi connectivity index (χ3n) is 2.60. The van der Waals surface area contributed by atoms with Gasteiger partial charge >= 0.3 is 0 Å². The first-order valence-electron chi connectivity index (χ1n) is 5.49. The van der Waals surface area contributed by atoms with Gasteiger partial charge < -0.3 is 10.2 Å². The van der Waals surface area contributed by atoms with Crippen LogP contribution in [0, 0.1) is 6.92 Å². The van der Waals surface area contributed by atoms with Crippen molar-refractivity contribution in [2.75, 3.05) is 27.7 Å². The lowest BCUT2D eigenvalue weighted by molar-refractivity contribution is 0.346. The fourth-order valence-electron chi connectivity index (χ4n) is 1.71. The van der Waals surface area contributed by atoms with E-state index in [9.17, 15) is 0 Å². The average molecular weight is 206 g/mol. The highest BCUT2D eigenvalue weighted by atomic mass is 15.1. The van der Waals surface area contributed by atoms with Crippen LogP contribution in [-0.4, -0.2) is 38.6 Å². The van der Waals surface area contributed by atoms with E-state index in [-0.39, 0.29) is 0 Å². The second-order valence-electron chi connectivity index (χ2n) is 4.44. The zero-order valence-corrected chi connectivity index (χ0v) is 10.2. The number of aryl methyl sites for hydroxylation is 1. The van der Waals surface area contributed by atoms with Crippen molar-refractivity contribution in [1.29, 1.82) is 0 Å². The molecule has 0 bridgehead atoms. The van der Waals surface area contributed by atoms with Gasteiger partial charge in [0.15, 0.2) is 0 Å². The van der Waals surface area contributed by atoms with Crippen molar-refractivity contribution in [3.63, 3.8) is 0 Å². The maximum Gasteiger partial charge on any atom is 0.0232 e. The largest absolute Gasteiger partial charge is 0.315 e. The first kappa shape index (κ1) is 12.2. The summed E-state index contributed by atoms with van der Waals surface area (Å²) in [6.07, 6.45) is 1.09. The molecule has 15 heavy (non-hydrogen) atoms. The van der Waals surface area contributed by atoms with Gasteiger partial charge in [-0.2, -0.15) is 0 Å². The first-order valence-corrected chi connectivity index (χ1v) is 5.49. The average Bonchev–Trinajstić information content (AvgIpc) is 2.19. The lowest BCUT2D eigenvalue weighted by Gasteiger charge is -2.20. The van der Waals surface area contributed by atoms with Gasteiger partial charge in [0.2, 0.25) is 0 Å². The van der Waals surface area contributed by atoms with Crippen LogP contribution in [0.5, 0.6) is 0 Å². The molecule has 0 heterocycles. The van der Waals surface area contributed by atoms with Crippen LogP contribution in [0.15, 0.2) is 24.3 Å². The van der Waals surface area contributed by atoms with Crippen LogP contribution in [0.1, 0.15) is 11.1 Å². The van der Waals surface area contributed by atoms with Gasteiger partial charge in [0.05, 0.1) is 0 Å². The molecule has 1 aromatic carbocycles. The summed E-state index contributed by atoms with van der Waals surface area (Å²) >= 11 is 0. The standard InChI is InChI=1S/C13H22N2/c1-11-5-7-12(8-6-11)9-13(14-2)10-15(3)4/h5-8,13-14H,9-10H2,1-4H3. The van der Waals surface area contributed by atoms with Gasteiger partial charge in [-0.15, -0.1) is 0 Å². The molecule has 0 amide bonds. The van der Waals surface area contributed by atoms with Crippen molar-refractivity contribution in [1.82, 2.24) is 10.2 Å². The molecule has 1 rings (SSSR count). The quantitative estimate of drug-likeness (QED) is 0.788. The maximum atomic E-state index is 3.35. The minimum Gasteiger partial charge on any atom is -0.315 e. The monoisotopic (exact) mass is 206 g/mol. The summed E-state index contributed by atoms with van der Waals surface area (Å²) in [6, 6.07) is 9.32. The smallest absolute Gasteiger partial charge is 0.0232 e. The molecule has 0 spiro atoms. The van der Waals surface area contributed by atoms with Crippen molar-refractivity contribution in [2.24, 2.45) is 0 Å². The highest BCUT2D eigenvalue weighted by Crippen LogP contribution is 2.06. The number of nitrogens with zero attached hydrogens (tertiary/aromatic N) is 1. The van der Waals surface area contributed by atoms with Gasteiger partial charge in [-0.05, 0) is 40.1 Å². The lowest BCUT2D eigenvalue weighted by atomic mass is 10.0. The van der Waals surface area contributed by atoms with E-state index in [1.165, 1.54) is 11.1 Å². The second kappa shape index (κ2) is 5.89. The molecule has 0 fully saturated rings. The zero-order chi connectivity index (χ0) is 11.3. The molecule has 1 atom stereocenters. The van der Waals surface area contributed by atoms with Gasteiger partial charge in [-0.25, -0.2) is 0 Å². The van der Waals surface area contributed by atoms with Crippen molar-refractivity contribution in [2.45, 2.75) is 19.4 Å². The molecule has 1 N–H and O–H groups in total. The Morgan fingerprint density at radius 3 is 2.27 bits per heavy atom. The molecule has 0 aliphatic rings. The van der Waals surface area contributed by atoms with E-state index < -0.39 is 0 Å². The molecule has 1 unspecified atom stereocenters. The predicted molar refractivity (Wildman–Crippen MR) is 66.3 cm³/mol. The van der Waals surface area contributed by atoms with Crippen molar-refractivity contribution < 1.29 is 0 Å². The van der Waals surface area contributed by atoms with E-state index >= 15 is 0 Å². The normalized spacial score (nSPS) is 13.1. The molecular formula is C13H22N2. The molecule has 0 saturated carbocycles. The van der Waals surface area contributed by atoms with Crippen LogP contribution < -0.4 is 5.32 Å². The Kier molecular flexibility index (Phi) is 4.79. The molecule has 0 aliphatic carbocycles. The van der Waals surface area contributed by atoms with Crippen molar-refractivity contribution >= 4 is 0 Å². The first-order chi connectivity index (χ1) is 7.11. The SMILES string of the molecule is CNC(Cc1ccc(C)cc1)CN(C)C. The Bertz CT molecular complexity index is 277. The van der Waals surface area contributed by atoms with Crippen molar-refractivity contribution in [3.05, 3.63) is 35.4 Å². The van der Waals surface area contributed by atoms with Gasteiger partial charge in [-0.3, -0.25) is 0 Å². The number of hydrogen-bond donors (Lipinski definition) is 1. The summed E-state index contributed by atoms with van der Waals surface area (Å²) in [5.74, 6) is 0. The summed E-state index contributed by atoms with van der Waals surface area (Å²) in [6.45, 7) is 3.20. The highest BCUT2D eigenvalue weighted by Gasteiger charge is 2.07. The molecule has 0 aromatic heterocycles. The summed E-state index contributed by atoms with van der Waals surface area (Å²) in [4.78, 5) is 2.22. The maximum absolute atomic E-state index is 3.35. The summed E-state index contributed by atoms with van der Waals surface area (Å²) in [7, 11) is 6.25. The molecule has 84 valence electrons. The Morgan fingerprint density at radius 2 is 1.80 bits per heavy atom. The fourth-order valence-corrected chi connectivity index (χ4v) is 1.71. The molecule has 2 nitrogen and oxygen atoms in total. The number of nitrogens with one attached hydrogen (secondary N) is 1. The fraction of sp³-hybridized carbons (Fsp3) is 0.538. The lowest BCUT2D eigenvalue weighted by Crippen LogP contribution is -2.37. The van der Waals surface area contributed by atoms with Crippen LogP contribution in [0.2, 0.25) is 0 Å². The van der Waals surface area contributed by atoms with E-state index in [1.54, 1.807) is 0 Å². The number of hydrogen-bond acceptors (Lipinski definition) is 2. The molecular weight excluding hydrogens is 184 g/mol. The Hall–Kier alpha value is -0.860. The van der Waals surface area contributed by atoms with E-state index in [0.29, 0.717) is 6.04 Å². The van der Waals surface area contributed by atoms with E-state index in [1.807, 2.05) is 7.05 Å². The topological polar surface area (TPSA) is 15.3 Å². The Labute approximate surface area is 93.3 Å². The molecule has 0 saturated heterocycles. The molecule has 2 heteroatoms. The van der Waals surface area contributed by atoms with Crippen LogP contribution in [0.4, 0.5) is 0 Å². The van der Waals surface area contributed by atoms with Gasteiger partial charge in [0, 0.05) is 12.6 Å². The second-order valence-corrected chi connectivity index (χ2v) is 4.44. The molecule has 0 radical (unpaired) electrons. The van der Waals surface area contributed by atoms with Crippen molar-refractivity contribution in [3.8, 4) is 0 Å². The van der Waals surface area contributed by atoms with E-state index in [2.05, 4.69) is 55.5 Å². The van der Waals surface area contributed by atoms with Crippen LogP contribution in [0.3, 0.4) is 0 Å². The number of rotatable bonds is 5. The van der Waals surface area contributed by atoms with E-state index in [4.69, 9.17) is 0 Å². The number of likely N-dealkylation sites (N-methyl/N-ethyl adjacent to an activating group) is 2. The third-order valence-corrected chi connectivity index (χ3v) is 2.60. The van der Waals surface area contributed by atoms with Crippen LogP contribution >= 0.6 is 0 Å². The summed E-state index contributed by atoms with van der Waals surface area (Å²) < 4.78 is 0. The summed E-state index contributed by atoms with van der Waals surface area (Å²) in [5.41, 5.74) is 2.73. The predicted octanol–water partition coefficient (Wildman–Crippen LogP) is 1.69. The molecule has 0 aliphatic heterocycles. The van der Waals surface area contributed by atoms with Crippen LogP contribution in [0.25, 0.3) is 0 Å². The number of benzene rings is 1.